The predicted molar refractivity (Wildman–Crippen MR) is 63.2 cm³/mol. The number of ether oxygens (including phenoxy) is 2. The molecule has 0 radical (unpaired) electrons. The topological polar surface area (TPSA) is 105 Å². The smallest absolute Gasteiger partial charge is 0.303 e. The van der Waals surface area contributed by atoms with Crippen LogP contribution in [0.15, 0.2) is 24.3 Å². The molecule has 0 spiro atoms. The number of nitrogens with two attached hydrogens (primary N) is 1. The number of hydrogen-bond acceptors (Lipinski definition) is 6. The molecular weight excluding hydrogens is 240 g/mol. The molecule has 0 aliphatic carbocycles. The molecule has 1 aromatic carbocycles. The number of esters is 1. The average molecular weight is 254 g/mol. The first kappa shape index (κ1) is 13.9. The Balaban J connectivity index is 2.52. The second-order valence-corrected chi connectivity index (χ2v) is 3.53. The molecule has 0 fully saturated rings. The Kier molecular flexibility index (Phi) is 5.06. The lowest BCUT2D eigenvalue weighted by atomic mass is 10.3. The third-order valence-corrected chi connectivity index (χ3v) is 2.08. The van der Waals surface area contributed by atoms with Gasteiger partial charge in [0.2, 0.25) is 0 Å². The second kappa shape index (κ2) is 6.55. The molecule has 18 heavy (non-hydrogen) atoms. The minimum absolute atomic E-state index is 0.0160. The molecule has 7 nitrogen and oxygen atoms in total. The van der Waals surface area contributed by atoms with Gasteiger partial charge in [-0.2, -0.15) is 0 Å². The first-order valence-corrected chi connectivity index (χ1v) is 5.27. The molecule has 0 amide bonds. The fraction of sp³-hybridized carbons (Fsp3) is 0.364. The van der Waals surface area contributed by atoms with E-state index in [1.165, 1.54) is 31.2 Å². The van der Waals surface area contributed by atoms with Crippen LogP contribution >= 0.6 is 0 Å². The van der Waals surface area contributed by atoms with Gasteiger partial charge in [-0.1, -0.05) is 0 Å². The standard InChI is InChI=1S/C11H14N2O5/c1-8(14)18-11(6-12)7-17-10-4-2-9(3-5-10)13(15)16/h2-5,11H,6-7,12H2,1H3. The lowest BCUT2D eigenvalue weighted by Gasteiger charge is -2.15. The van der Waals surface area contributed by atoms with Crippen molar-refractivity contribution in [3.63, 3.8) is 0 Å². The van der Waals surface area contributed by atoms with Crippen LogP contribution in [0.5, 0.6) is 5.75 Å². The summed E-state index contributed by atoms with van der Waals surface area (Å²) >= 11 is 0. The van der Waals surface area contributed by atoms with Gasteiger partial charge in [-0.3, -0.25) is 14.9 Å². The highest BCUT2D eigenvalue weighted by atomic mass is 16.6. The van der Waals surface area contributed by atoms with Crippen LogP contribution in [0, 0.1) is 10.1 Å². The van der Waals surface area contributed by atoms with Gasteiger partial charge < -0.3 is 15.2 Å². The Hall–Kier alpha value is -2.15. The van der Waals surface area contributed by atoms with Gasteiger partial charge in [-0.15, -0.1) is 0 Å². The highest BCUT2D eigenvalue weighted by Gasteiger charge is 2.11. The molecule has 1 aromatic rings. The number of carbonyl (C=O) groups excluding carboxylic acids is 1. The predicted octanol–water partition coefficient (Wildman–Crippen LogP) is 0.864. The number of nitrogens with zero attached hydrogens (tertiary/aromatic N) is 1. The highest BCUT2D eigenvalue weighted by molar-refractivity contribution is 5.66. The van der Waals surface area contributed by atoms with Gasteiger partial charge in [0.25, 0.3) is 5.69 Å². The van der Waals surface area contributed by atoms with Gasteiger partial charge in [-0.05, 0) is 12.1 Å². The van der Waals surface area contributed by atoms with E-state index in [2.05, 4.69) is 0 Å². The maximum atomic E-state index is 10.7. The maximum Gasteiger partial charge on any atom is 0.303 e. The Morgan fingerprint density at radius 2 is 2.06 bits per heavy atom. The van der Waals surface area contributed by atoms with Gasteiger partial charge >= 0.3 is 5.97 Å². The van der Waals surface area contributed by atoms with Crippen molar-refractivity contribution in [2.75, 3.05) is 13.2 Å². The summed E-state index contributed by atoms with van der Waals surface area (Å²) in [5.41, 5.74) is 5.39. The van der Waals surface area contributed by atoms with Crippen molar-refractivity contribution in [1.82, 2.24) is 0 Å². The summed E-state index contributed by atoms with van der Waals surface area (Å²) in [4.78, 5) is 20.7. The number of rotatable bonds is 6. The minimum atomic E-state index is -0.530. The Labute approximate surface area is 104 Å². The van der Waals surface area contributed by atoms with Gasteiger partial charge in [-0.25, -0.2) is 0 Å². The van der Waals surface area contributed by atoms with E-state index in [4.69, 9.17) is 15.2 Å². The number of carbonyl (C=O) groups is 1. The Bertz CT molecular complexity index is 418. The van der Waals surface area contributed by atoms with E-state index in [0.717, 1.165) is 0 Å². The van der Waals surface area contributed by atoms with Gasteiger partial charge in [0.05, 0.1) is 4.92 Å². The third kappa shape index (κ3) is 4.38. The lowest BCUT2D eigenvalue weighted by Crippen LogP contribution is -2.31. The number of benzene rings is 1. The van der Waals surface area contributed by atoms with E-state index >= 15 is 0 Å². The molecule has 7 heteroatoms. The van der Waals surface area contributed by atoms with Crippen molar-refractivity contribution in [3.8, 4) is 5.75 Å². The second-order valence-electron chi connectivity index (χ2n) is 3.53. The van der Waals surface area contributed by atoms with Crippen LogP contribution in [0.4, 0.5) is 5.69 Å². The zero-order valence-corrected chi connectivity index (χ0v) is 9.87. The van der Waals surface area contributed by atoms with Crippen LogP contribution in [0.1, 0.15) is 6.92 Å². The highest BCUT2D eigenvalue weighted by Crippen LogP contribution is 2.17. The van der Waals surface area contributed by atoms with Crippen LogP contribution in [0.25, 0.3) is 0 Å². The minimum Gasteiger partial charge on any atom is -0.490 e. The molecule has 0 aliphatic rings. The maximum absolute atomic E-state index is 10.7. The zero-order chi connectivity index (χ0) is 13.5. The van der Waals surface area contributed by atoms with E-state index in [1.54, 1.807) is 0 Å². The summed E-state index contributed by atoms with van der Waals surface area (Å²) in [6, 6.07) is 5.61. The summed E-state index contributed by atoms with van der Waals surface area (Å²) < 4.78 is 10.2. The molecule has 1 atom stereocenters. The molecule has 0 saturated carbocycles. The summed E-state index contributed by atoms with van der Waals surface area (Å²) in [6.07, 6.45) is -0.530. The monoisotopic (exact) mass is 254 g/mol. The van der Waals surface area contributed by atoms with Gasteiger partial charge in [0.1, 0.15) is 18.5 Å². The fourth-order valence-electron chi connectivity index (χ4n) is 1.24. The first-order chi connectivity index (χ1) is 8.52. The SMILES string of the molecule is CC(=O)OC(CN)COc1ccc([N+](=O)[O-])cc1. The van der Waals surface area contributed by atoms with Crippen molar-refractivity contribution in [2.45, 2.75) is 13.0 Å². The molecule has 1 unspecified atom stereocenters. The van der Waals surface area contributed by atoms with Crippen LogP contribution < -0.4 is 10.5 Å². The number of non-ortho nitro benzene ring substituents is 1. The molecular formula is C11H14N2O5. The van der Waals surface area contributed by atoms with E-state index in [9.17, 15) is 14.9 Å². The quantitative estimate of drug-likeness (QED) is 0.458. The van der Waals surface area contributed by atoms with Gasteiger partial charge in [0, 0.05) is 25.6 Å². The van der Waals surface area contributed by atoms with E-state index in [1.807, 2.05) is 0 Å². The van der Waals surface area contributed by atoms with Crippen LogP contribution in [-0.4, -0.2) is 30.1 Å². The zero-order valence-electron chi connectivity index (χ0n) is 9.87. The van der Waals surface area contributed by atoms with Crippen LogP contribution in [0.3, 0.4) is 0 Å². The Morgan fingerprint density at radius 3 is 2.50 bits per heavy atom. The molecule has 0 heterocycles. The summed E-state index contributed by atoms with van der Waals surface area (Å²) in [6.45, 7) is 1.54. The number of hydrogen-bond donors (Lipinski definition) is 1. The molecule has 0 aliphatic heterocycles. The molecule has 0 saturated heterocycles. The lowest BCUT2D eigenvalue weighted by molar-refractivity contribution is -0.384. The normalized spacial score (nSPS) is 11.7. The molecule has 0 bridgehead atoms. The summed E-state index contributed by atoms with van der Waals surface area (Å²) in [7, 11) is 0. The number of nitro benzene ring substituents is 1. The third-order valence-electron chi connectivity index (χ3n) is 2.08. The van der Waals surface area contributed by atoms with Crippen LogP contribution in [-0.2, 0) is 9.53 Å². The molecule has 1 rings (SSSR count). The number of nitro groups is 1. The van der Waals surface area contributed by atoms with E-state index in [0.29, 0.717) is 5.75 Å². The van der Waals surface area contributed by atoms with Crippen molar-refractivity contribution in [3.05, 3.63) is 34.4 Å². The Morgan fingerprint density at radius 1 is 1.44 bits per heavy atom. The van der Waals surface area contributed by atoms with Crippen molar-refractivity contribution >= 4 is 11.7 Å². The van der Waals surface area contributed by atoms with E-state index in [-0.39, 0.29) is 18.8 Å². The van der Waals surface area contributed by atoms with Gasteiger partial charge in [0.15, 0.2) is 0 Å². The van der Waals surface area contributed by atoms with E-state index < -0.39 is 17.0 Å². The molecule has 98 valence electrons. The van der Waals surface area contributed by atoms with Crippen molar-refractivity contribution in [2.24, 2.45) is 5.73 Å². The average Bonchev–Trinajstić information content (AvgIpc) is 2.34. The largest absolute Gasteiger partial charge is 0.490 e. The van der Waals surface area contributed by atoms with Crippen molar-refractivity contribution < 1.29 is 19.2 Å². The molecule has 2 N–H and O–H groups in total. The fourth-order valence-corrected chi connectivity index (χ4v) is 1.24. The summed E-state index contributed by atoms with van der Waals surface area (Å²) in [5, 5.41) is 10.4. The van der Waals surface area contributed by atoms with Crippen LogP contribution in [0.2, 0.25) is 0 Å². The molecule has 0 aromatic heterocycles. The van der Waals surface area contributed by atoms with Crippen molar-refractivity contribution in [1.29, 1.82) is 0 Å². The summed E-state index contributed by atoms with van der Waals surface area (Å²) in [5.74, 6) is 0.0175. The first-order valence-electron chi connectivity index (χ1n) is 5.27.